The summed E-state index contributed by atoms with van der Waals surface area (Å²) in [5, 5.41) is 10.8. The van der Waals surface area contributed by atoms with Gasteiger partial charge in [0.15, 0.2) is 18.1 Å². The van der Waals surface area contributed by atoms with Crippen molar-refractivity contribution in [2.75, 3.05) is 19.7 Å². The Balaban J connectivity index is 1.29. The van der Waals surface area contributed by atoms with Gasteiger partial charge in [-0.2, -0.15) is 0 Å². The number of benzene rings is 2. The highest BCUT2D eigenvalue weighted by Gasteiger charge is 2.27. The minimum Gasteiger partial charge on any atom is -0.452 e. The van der Waals surface area contributed by atoms with E-state index in [-0.39, 0.29) is 23.1 Å². The Morgan fingerprint density at radius 3 is 2.67 bits per heavy atom. The topological polar surface area (TPSA) is 116 Å². The predicted octanol–water partition coefficient (Wildman–Crippen LogP) is 3.30. The number of likely N-dealkylation sites (tertiary alicyclic amines) is 1. The second-order valence-corrected chi connectivity index (χ2v) is 7.06. The molecule has 30 heavy (non-hydrogen) atoms. The summed E-state index contributed by atoms with van der Waals surface area (Å²) in [6, 6.07) is 12.8. The summed E-state index contributed by atoms with van der Waals surface area (Å²) >= 11 is 0. The number of hydrogen-bond acceptors (Lipinski definition) is 7. The third-order valence-electron chi connectivity index (χ3n) is 5.13. The molecule has 1 saturated heterocycles. The fourth-order valence-corrected chi connectivity index (χ4v) is 3.49. The number of nitro benzene ring substituents is 1. The van der Waals surface area contributed by atoms with Crippen LogP contribution in [0.25, 0.3) is 11.1 Å². The summed E-state index contributed by atoms with van der Waals surface area (Å²) in [7, 11) is 0. The van der Waals surface area contributed by atoms with Gasteiger partial charge in [-0.25, -0.2) is 9.78 Å². The molecule has 154 valence electrons. The maximum absolute atomic E-state index is 12.4. The standard InChI is InChI=1S/C21H19N3O6/c25-19(13-29-21(26)15-4-3-5-16(12-15)24(27)28)23-10-8-14(9-11-23)20-22-17-6-1-2-7-18(17)30-20/h1-7,12,14H,8-11,13H2. The smallest absolute Gasteiger partial charge is 0.338 e. The van der Waals surface area contributed by atoms with Crippen LogP contribution in [-0.2, 0) is 9.53 Å². The van der Waals surface area contributed by atoms with Crippen molar-refractivity contribution in [3.05, 3.63) is 70.1 Å². The van der Waals surface area contributed by atoms with E-state index in [4.69, 9.17) is 9.15 Å². The highest BCUT2D eigenvalue weighted by molar-refractivity contribution is 5.92. The summed E-state index contributed by atoms with van der Waals surface area (Å²) in [6.45, 7) is 0.613. The van der Waals surface area contributed by atoms with Crippen LogP contribution in [0.15, 0.2) is 52.9 Å². The molecule has 1 aromatic heterocycles. The number of nitrogens with zero attached hydrogens (tertiary/aromatic N) is 3. The summed E-state index contributed by atoms with van der Waals surface area (Å²) < 4.78 is 10.9. The van der Waals surface area contributed by atoms with Gasteiger partial charge in [-0.3, -0.25) is 14.9 Å². The third kappa shape index (κ3) is 4.14. The Kier molecular flexibility index (Phi) is 5.42. The van der Waals surface area contributed by atoms with E-state index in [1.54, 1.807) is 4.90 Å². The molecule has 0 bridgehead atoms. The normalized spacial score (nSPS) is 14.6. The van der Waals surface area contributed by atoms with Gasteiger partial charge in [0.2, 0.25) is 0 Å². The molecule has 1 aliphatic heterocycles. The lowest BCUT2D eigenvalue weighted by atomic mass is 9.97. The minimum absolute atomic E-state index is 0.0340. The van der Waals surface area contributed by atoms with Gasteiger partial charge in [-0.1, -0.05) is 18.2 Å². The number of non-ortho nitro benzene ring substituents is 1. The molecule has 0 aliphatic carbocycles. The van der Waals surface area contributed by atoms with Crippen LogP contribution in [0, 0.1) is 10.1 Å². The van der Waals surface area contributed by atoms with E-state index >= 15 is 0 Å². The average Bonchev–Trinajstić information content (AvgIpc) is 3.21. The minimum atomic E-state index is -0.770. The van der Waals surface area contributed by atoms with E-state index in [1.807, 2.05) is 24.3 Å². The molecule has 0 saturated carbocycles. The van der Waals surface area contributed by atoms with Crippen LogP contribution >= 0.6 is 0 Å². The van der Waals surface area contributed by atoms with E-state index in [0.717, 1.165) is 17.2 Å². The molecule has 1 fully saturated rings. The maximum Gasteiger partial charge on any atom is 0.338 e. The lowest BCUT2D eigenvalue weighted by molar-refractivity contribution is -0.384. The number of ether oxygens (including phenoxy) is 1. The quantitative estimate of drug-likeness (QED) is 0.361. The molecule has 4 rings (SSSR count). The molecular formula is C21H19N3O6. The third-order valence-corrected chi connectivity index (χ3v) is 5.13. The number of carbonyl (C=O) groups is 2. The molecule has 0 radical (unpaired) electrons. The van der Waals surface area contributed by atoms with E-state index in [2.05, 4.69) is 4.98 Å². The largest absolute Gasteiger partial charge is 0.452 e. The SMILES string of the molecule is O=C(OCC(=O)N1CCC(c2nc3ccccc3o2)CC1)c1cccc([N+](=O)[O-])c1. The van der Waals surface area contributed by atoms with Crippen LogP contribution in [0.3, 0.4) is 0 Å². The van der Waals surface area contributed by atoms with Crippen molar-refractivity contribution in [1.82, 2.24) is 9.88 Å². The predicted molar refractivity (Wildman–Crippen MR) is 106 cm³/mol. The van der Waals surface area contributed by atoms with Crippen LogP contribution in [-0.4, -0.2) is 46.4 Å². The van der Waals surface area contributed by atoms with Crippen LogP contribution < -0.4 is 0 Å². The zero-order valence-electron chi connectivity index (χ0n) is 16.0. The Bertz CT molecular complexity index is 1070. The zero-order chi connectivity index (χ0) is 21.1. The molecule has 9 nitrogen and oxygen atoms in total. The van der Waals surface area contributed by atoms with Crippen molar-refractivity contribution in [2.45, 2.75) is 18.8 Å². The Morgan fingerprint density at radius 1 is 1.17 bits per heavy atom. The first-order valence-corrected chi connectivity index (χ1v) is 9.56. The van der Waals surface area contributed by atoms with Crippen molar-refractivity contribution in [1.29, 1.82) is 0 Å². The van der Waals surface area contributed by atoms with E-state index in [0.29, 0.717) is 31.8 Å². The zero-order valence-corrected chi connectivity index (χ0v) is 16.0. The van der Waals surface area contributed by atoms with Gasteiger partial charge in [0.05, 0.1) is 10.5 Å². The van der Waals surface area contributed by atoms with Gasteiger partial charge in [0.25, 0.3) is 11.6 Å². The van der Waals surface area contributed by atoms with Crippen molar-refractivity contribution in [3.63, 3.8) is 0 Å². The van der Waals surface area contributed by atoms with Crippen molar-refractivity contribution in [3.8, 4) is 0 Å². The number of esters is 1. The molecular weight excluding hydrogens is 390 g/mol. The summed E-state index contributed by atoms with van der Waals surface area (Å²) in [5.41, 5.74) is 1.39. The van der Waals surface area contributed by atoms with E-state index < -0.39 is 17.5 Å². The molecule has 9 heteroatoms. The van der Waals surface area contributed by atoms with Crippen LogP contribution in [0.2, 0.25) is 0 Å². The summed E-state index contributed by atoms with van der Waals surface area (Å²) in [6.07, 6.45) is 1.41. The number of para-hydroxylation sites is 2. The fraction of sp³-hybridized carbons (Fsp3) is 0.286. The van der Waals surface area contributed by atoms with Crippen molar-refractivity contribution >= 4 is 28.7 Å². The van der Waals surface area contributed by atoms with E-state index in [9.17, 15) is 19.7 Å². The van der Waals surface area contributed by atoms with Crippen LogP contribution in [0.4, 0.5) is 5.69 Å². The van der Waals surface area contributed by atoms with Gasteiger partial charge < -0.3 is 14.1 Å². The number of nitro groups is 1. The summed E-state index contributed by atoms with van der Waals surface area (Å²) in [4.78, 5) is 40.9. The van der Waals surface area contributed by atoms with Crippen LogP contribution in [0.1, 0.15) is 35.0 Å². The number of carbonyl (C=O) groups excluding carboxylic acids is 2. The lowest BCUT2D eigenvalue weighted by Gasteiger charge is -2.30. The molecule has 3 aromatic rings. The summed E-state index contributed by atoms with van der Waals surface area (Å²) in [5.74, 6) is -0.257. The second-order valence-electron chi connectivity index (χ2n) is 7.06. The van der Waals surface area contributed by atoms with E-state index in [1.165, 1.54) is 18.2 Å². The maximum atomic E-state index is 12.4. The molecule has 1 aliphatic rings. The van der Waals surface area contributed by atoms with Gasteiger partial charge in [-0.05, 0) is 31.0 Å². The number of aromatic nitrogens is 1. The van der Waals surface area contributed by atoms with Crippen LogP contribution in [0.5, 0.6) is 0 Å². The Morgan fingerprint density at radius 2 is 1.93 bits per heavy atom. The van der Waals surface area contributed by atoms with Gasteiger partial charge in [-0.15, -0.1) is 0 Å². The Hall–Kier alpha value is -3.75. The molecule has 0 N–H and O–H groups in total. The number of rotatable bonds is 5. The first-order valence-electron chi connectivity index (χ1n) is 9.56. The van der Waals surface area contributed by atoms with Crippen molar-refractivity contribution in [2.24, 2.45) is 0 Å². The number of amides is 1. The average molecular weight is 409 g/mol. The Labute approximate surface area is 171 Å². The van der Waals surface area contributed by atoms with Gasteiger partial charge in [0, 0.05) is 31.1 Å². The number of piperidine rings is 1. The monoisotopic (exact) mass is 409 g/mol. The molecule has 2 aromatic carbocycles. The lowest BCUT2D eigenvalue weighted by Crippen LogP contribution is -2.40. The molecule has 0 atom stereocenters. The van der Waals surface area contributed by atoms with Gasteiger partial charge >= 0.3 is 5.97 Å². The molecule has 0 unspecified atom stereocenters. The molecule has 1 amide bonds. The number of oxazole rings is 1. The first-order chi connectivity index (χ1) is 14.5. The van der Waals surface area contributed by atoms with Gasteiger partial charge in [0.1, 0.15) is 5.52 Å². The number of hydrogen-bond donors (Lipinski definition) is 0. The van der Waals surface area contributed by atoms with Crippen molar-refractivity contribution < 1.29 is 23.7 Å². The highest BCUT2D eigenvalue weighted by Crippen LogP contribution is 2.30. The highest BCUT2D eigenvalue weighted by atomic mass is 16.6. The molecule has 0 spiro atoms. The second kappa shape index (κ2) is 8.32. The molecule has 2 heterocycles. The number of fused-ring (bicyclic) bond motifs is 1. The first kappa shape index (κ1) is 19.6. The fourth-order valence-electron chi connectivity index (χ4n) is 3.49.